The first kappa shape index (κ1) is 26.0. The maximum atomic E-state index is 13.4. The molecular weight excluding hydrogens is 491 g/mol. The molecule has 4 aromatic rings. The first-order valence-electron chi connectivity index (χ1n) is 14.4. The first-order chi connectivity index (χ1) is 18.8. The largest absolute Gasteiger partial charge is 0.354 e. The van der Waals surface area contributed by atoms with Crippen LogP contribution in [-0.2, 0) is 4.79 Å². The van der Waals surface area contributed by atoms with Gasteiger partial charge in [0.05, 0.1) is 5.69 Å². The average Bonchev–Trinajstić information content (AvgIpc) is 3.67. The van der Waals surface area contributed by atoms with Crippen molar-refractivity contribution in [1.29, 1.82) is 0 Å². The Bertz CT molecular complexity index is 1510. The molecule has 0 spiro atoms. The van der Waals surface area contributed by atoms with Gasteiger partial charge in [-0.05, 0) is 79.3 Å². The van der Waals surface area contributed by atoms with E-state index in [-0.39, 0.29) is 5.91 Å². The lowest BCUT2D eigenvalue weighted by Gasteiger charge is -2.32. The molecule has 8 heteroatoms. The molecule has 1 aromatic carbocycles. The van der Waals surface area contributed by atoms with E-state index >= 15 is 0 Å². The van der Waals surface area contributed by atoms with Gasteiger partial charge in [0.25, 0.3) is 0 Å². The van der Waals surface area contributed by atoms with Crippen molar-refractivity contribution in [2.45, 2.75) is 71.4 Å². The van der Waals surface area contributed by atoms with Crippen molar-refractivity contribution in [3.05, 3.63) is 53.0 Å². The first-order valence-corrected chi connectivity index (χ1v) is 14.4. The zero-order valence-electron chi connectivity index (χ0n) is 23.5. The van der Waals surface area contributed by atoms with Crippen LogP contribution >= 0.6 is 0 Å². The van der Waals surface area contributed by atoms with Crippen molar-refractivity contribution < 1.29 is 9.18 Å². The minimum Gasteiger partial charge on any atom is -0.354 e. The molecule has 0 saturated carbocycles. The standard InChI is InChI=1S/C31H39FN6O/c1-19(2)29-25-15-23(22-7-13-37(14-8-22)28(39)10-12-36-11-9-24(32)16-36)5-6-27(25)35-30(29)26-17-38-31(33-18-34-38)21(4)20(26)3/h5-6,15,17-19,22,24,35H,7-14,16H2,1-4H3/t24-/m1/s1. The third-order valence-electron chi connectivity index (χ3n) is 9.01. The predicted octanol–water partition coefficient (Wildman–Crippen LogP) is 5.76. The highest BCUT2D eigenvalue weighted by Crippen LogP contribution is 2.40. The quantitative estimate of drug-likeness (QED) is 0.344. The lowest BCUT2D eigenvalue weighted by atomic mass is 9.87. The van der Waals surface area contributed by atoms with E-state index in [0.29, 0.717) is 37.8 Å². The van der Waals surface area contributed by atoms with Crippen molar-refractivity contribution in [2.75, 3.05) is 32.7 Å². The number of likely N-dealkylation sites (tertiary alicyclic amines) is 2. The van der Waals surface area contributed by atoms with E-state index in [1.165, 1.54) is 22.1 Å². The van der Waals surface area contributed by atoms with Crippen molar-refractivity contribution in [1.82, 2.24) is 29.4 Å². The summed E-state index contributed by atoms with van der Waals surface area (Å²) in [6, 6.07) is 6.86. The number of alkyl halides is 1. The van der Waals surface area contributed by atoms with E-state index in [9.17, 15) is 9.18 Å². The van der Waals surface area contributed by atoms with Gasteiger partial charge in [-0.25, -0.2) is 13.9 Å². The predicted molar refractivity (Wildman–Crippen MR) is 153 cm³/mol. The zero-order valence-corrected chi connectivity index (χ0v) is 23.5. The summed E-state index contributed by atoms with van der Waals surface area (Å²) in [5.41, 5.74) is 9.42. The molecule has 0 radical (unpaired) electrons. The molecular formula is C31H39FN6O. The third kappa shape index (κ3) is 4.84. The Morgan fingerprint density at radius 3 is 2.64 bits per heavy atom. The van der Waals surface area contributed by atoms with E-state index in [2.05, 4.69) is 72.1 Å². The molecule has 0 unspecified atom stereocenters. The van der Waals surface area contributed by atoms with Crippen molar-refractivity contribution in [2.24, 2.45) is 0 Å². The molecule has 39 heavy (non-hydrogen) atoms. The number of H-pyrrole nitrogens is 1. The number of hydrogen-bond donors (Lipinski definition) is 1. The number of aromatic amines is 1. The van der Waals surface area contributed by atoms with Gasteiger partial charge in [0.15, 0.2) is 5.65 Å². The Labute approximate surface area is 229 Å². The summed E-state index contributed by atoms with van der Waals surface area (Å²) in [7, 11) is 0. The number of nitrogens with zero attached hydrogens (tertiary/aromatic N) is 5. The lowest BCUT2D eigenvalue weighted by Crippen LogP contribution is -2.39. The van der Waals surface area contributed by atoms with Gasteiger partial charge >= 0.3 is 0 Å². The van der Waals surface area contributed by atoms with E-state index in [1.807, 2.05) is 9.42 Å². The third-order valence-corrected chi connectivity index (χ3v) is 9.01. The molecule has 5 heterocycles. The summed E-state index contributed by atoms with van der Waals surface area (Å²) >= 11 is 0. The Morgan fingerprint density at radius 2 is 1.92 bits per heavy atom. The summed E-state index contributed by atoms with van der Waals surface area (Å²) in [6.07, 6.45) is 6.01. The number of hydrogen-bond acceptors (Lipinski definition) is 4. The van der Waals surface area contributed by atoms with Gasteiger partial charge in [-0.3, -0.25) is 9.69 Å². The fourth-order valence-electron chi connectivity index (χ4n) is 6.61. The summed E-state index contributed by atoms with van der Waals surface area (Å²) < 4.78 is 15.3. The van der Waals surface area contributed by atoms with Crippen LogP contribution in [0.1, 0.15) is 73.6 Å². The topological polar surface area (TPSA) is 69.5 Å². The van der Waals surface area contributed by atoms with Crippen LogP contribution in [0.15, 0.2) is 30.7 Å². The fourth-order valence-corrected chi connectivity index (χ4v) is 6.61. The molecule has 2 fully saturated rings. The van der Waals surface area contributed by atoms with Crippen LogP contribution < -0.4 is 0 Å². The van der Waals surface area contributed by atoms with Gasteiger partial charge in [0.1, 0.15) is 12.5 Å². The Kier molecular flexibility index (Phi) is 6.91. The number of carbonyl (C=O) groups excluding carboxylic acids is 1. The molecule has 1 N–H and O–H groups in total. The number of rotatable bonds is 6. The Morgan fingerprint density at radius 1 is 1.13 bits per heavy atom. The molecule has 206 valence electrons. The van der Waals surface area contributed by atoms with Crippen LogP contribution in [0.25, 0.3) is 27.8 Å². The highest BCUT2D eigenvalue weighted by Gasteiger charge is 2.27. The number of aromatic nitrogens is 4. The molecule has 2 aliphatic heterocycles. The second kappa shape index (κ2) is 10.4. The molecule has 1 amide bonds. The van der Waals surface area contributed by atoms with Crippen molar-refractivity contribution in [3.8, 4) is 11.3 Å². The van der Waals surface area contributed by atoms with Crippen molar-refractivity contribution in [3.63, 3.8) is 0 Å². The average molecular weight is 531 g/mol. The van der Waals surface area contributed by atoms with Crippen LogP contribution in [0.4, 0.5) is 4.39 Å². The molecule has 6 rings (SSSR count). The number of amides is 1. The van der Waals surface area contributed by atoms with Crippen molar-refractivity contribution >= 4 is 22.5 Å². The molecule has 0 aliphatic carbocycles. The number of aryl methyl sites for hydroxylation is 1. The van der Waals surface area contributed by atoms with Crippen LogP contribution in [0, 0.1) is 13.8 Å². The highest BCUT2D eigenvalue weighted by molar-refractivity contribution is 5.92. The minimum absolute atomic E-state index is 0.207. The molecule has 3 aromatic heterocycles. The second-order valence-corrected chi connectivity index (χ2v) is 11.8. The number of piperidine rings is 1. The van der Waals surface area contributed by atoms with E-state index in [1.54, 1.807) is 6.33 Å². The van der Waals surface area contributed by atoms with Gasteiger partial charge in [-0.1, -0.05) is 19.9 Å². The summed E-state index contributed by atoms with van der Waals surface area (Å²) in [4.78, 5) is 25.1. The van der Waals surface area contributed by atoms with Crippen LogP contribution in [0.2, 0.25) is 0 Å². The number of pyridine rings is 1. The minimum atomic E-state index is -0.731. The monoisotopic (exact) mass is 530 g/mol. The van der Waals surface area contributed by atoms with Gasteiger partial charge in [-0.2, -0.15) is 5.10 Å². The molecule has 1 atom stereocenters. The lowest BCUT2D eigenvalue weighted by molar-refractivity contribution is -0.132. The van der Waals surface area contributed by atoms with Gasteiger partial charge < -0.3 is 9.88 Å². The van der Waals surface area contributed by atoms with Gasteiger partial charge in [0, 0.05) is 61.8 Å². The fraction of sp³-hybridized carbons (Fsp3) is 0.516. The maximum Gasteiger partial charge on any atom is 0.223 e. The smallest absolute Gasteiger partial charge is 0.223 e. The number of fused-ring (bicyclic) bond motifs is 2. The number of benzene rings is 1. The van der Waals surface area contributed by atoms with E-state index in [0.717, 1.165) is 60.5 Å². The molecule has 2 saturated heterocycles. The van der Waals surface area contributed by atoms with Crippen LogP contribution in [0.5, 0.6) is 0 Å². The normalized spacial score (nSPS) is 19.2. The molecule has 7 nitrogen and oxygen atoms in total. The van der Waals surface area contributed by atoms with Gasteiger partial charge in [-0.15, -0.1) is 0 Å². The molecule has 2 aliphatic rings. The number of halogens is 1. The highest BCUT2D eigenvalue weighted by atomic mass is 19.1. The number of carbonyl (C=O) groups is 1. The maximum absolute atomic E-state index is 13.4. The zero-order chi connectivity index (χ0) is 27.3. The van der Waals surface area contributed by atoms with Gasteiger partial charge in [0.2, 0.25) is 5.91 Å². The summed E-state index contributed by atoms with van der Waals surface area (Å²) in [6.45, 7) is 12.3. The number of nitrogens with one attached hydrogen (secondary N) is 1. The Balaban J connectivity index is 1.21. The Hall–Kier alpha value is -3.26. The summed E-state index contributed by atoms with van der Waals surface area (Å²) in [5.74, 6) is 0.995. The van der Waals surface area contributed by atoms with Crippen LogP contribution in [-0.4, -0.2) is 74.2 Å². The van der Waals surface area contributed by atoms with E-state index < -0.39 is 6.17 Å². The SMILES string of the molecule is Cc1c(-c2[nH]c3ccc(C4CCN(C(=O)CCN5CC[C@@H](F)C5)CC4)cc3c2C(C)C)cn2ncnc2c1C. The molecule has 0 bridgehead atoms. The summed E-state index contributed by atoms with van der Waals surface area (Å²) in [5, 5.41) is 5.69. The van der Waals surface area contributed by atoms with Crippen LogP contribution in [0.3, 0.4) is 0 Å². The van der Waals surface area contributed by atoms with E-state index in [4.69, 9.17) is 0 Å². The second-order valence-electron chi connectivity index (χ2n) is 11.8.